The van der Waals surface area contributed by atoms with E-state index in [-0.39, 0.29) is 17.1 Å². The number of nitrogens with one attached hydrogen (secondary N) is 2. The van der Waals surface area contributed by atoms with Gasteiger partial charge in [-0.3, -0.25) is 4.79 Å². The van der Waals surface area contributed by atoms with Gasteiger partial charge in [0.1, 0.15) is 23.0 Å². The second-order valence-corrected chi connectivity index (χ2v) is 7.24. The number of anilines is 3. The van der Waals surface area contributed by atoms with Crippen LogP contribution in [0.2, 0.25) is 0 Å². The topological polar surface area (TPSA) is 66.9 Å². The van der Waals surface area contributed by atoms with Crippen LogP contribution in [0, 0.1) is 11.6 Å². The molecule has 28 heavy (non-hydrogen) atoms. The second kappa shape index (κ2) is 7.72. The Balaban J connectivity index is 1.85. The maximum absolute atomic E-state index is 13.7. The summed E-state index contributed by atoms with van der Waals surface area (Å²) in [7, 11) is 0. The highest BCUT2D eigenvalue weighted by Crippen LogP contribution is 2.30. The Bertz CT molecular complexity index is 995. The molecule has 0 bridgehead atoms. The number of hydrogen-bond acceptors (Lipinski definition) is 4. The molecule has 0 atom stereocenters. The first-order valence-corrected chi connectivity index (χ1v) is 8.70. The molecule has 1 aromatic heterocycles. The molecule has 1 heterocycles. The quantitative estimate of drug-likeness (QED) is 0.663. The highest BCUT2D eigenvalue weighted by Gasteiger charge is 2.19. The molecule has 0 saturated carbocycles. The normalized spacial score (nSPS) is 11.2. The van der Waals surface area contributed by atoms with E-state index >= 15 is 0 Å². The average Bonchev–Trinajstić information content (AvgIpc) is 2.64. The Morgan fingerprint density at radius 1 is 0.964 bits per heavy atom. The van der Waals surface area contributed by atoms with Gasteiger partial charge >= 0.3 is 0 Å². The molecule has 0 spiro atoms. The van der Waals surface area contributed by atoms with Crippen LogP contribution in [0.4, 0.5) is 26.1 Å². The van der Waals surface area contributed by atoms with Gasteiger partial charge in [0.25, 0.3) is 5.91 Å². The van der Waals surface area contributed by atoms with E-state index in [2.05, 4.69) is 41.4 Å². The van der Waals surface area contributed by atoms with Crippen LogP contribution in [0.3, 0.4) is 0 Å². The van der Waals surface area contributed by atoms with Gasteiger partial charge in [-0.25, -0.2) is 18.7 Å². The van der Waals surface area contributed by atoms with Gasteiger partial charge in [0.2, 0.25) is 5.95 Å². The average molecular weight is 382 g/mol. The molecule has 0 fully saturated rings. The predicted molar refractivity (Wildman–Crippen MR) is 105 cm³/mol. The molecular formula is C21H20F2N4O. The maximum atomic E-state index is 13.7. The summed E-state index contributed by atoms with van der Waals surface area (Å²) in [5, 5.41) is 5.33. The van der Waals surface area contributed by atoms with Crippen molar-refractivity contribution in [2.75, 3.05) is 10.6 Å². The van der Waals surface area contributed by atoms with E-state index in [1.54, 1.807) is 0 Å². The second-order valence-electron chi connectivity index (χ2n) is 7.24. The van der Waals surface area contributed by atoms with Gasteiger partial charge in [-0.1, -0.05) is 45.0 Å². The van der Waals surface area contributed by atoms with Crippen LogP contribution in [-0.2, 0) is 5.41 Å². The van der Waals surface area contributed by atoms with Gasteiger partial charge in [-0.05, 0) is 35.2 Å². The molecule has 2 aromatic carbocycles. The summed E-state index contributed by atoms with van der Waals surface area (Å²) >= 11 is 0. The van der Waals surface area contributed by atoms with E-state index in [1.807, 2.05) is 24.3 Å². The Morgan fingerprint density at radius 3 is 2.32 bits per heavy atom. The fourth-order valence-corrected chi connectivity index (χ4v) is 2.71. The van der Waals surface area contributed by atoms with Crippen molar-refractivity contribution >= 4 is 23.2 Å². The first-order chi connectivity index (χ1) is 13.3. The molecule has 0 aliphatic heterocycles. The number of para-hydroxylation sites is 2. The van der Waals surface area contributed by atoms with Gasteiger partial charge < -0.3 is 10.6 Å². The third-order valence-corrected chi connectivity index (χ3v) is 4.07. The molecule has 3 rings (SSSR count). The molecule has 0 aliphatic carbocycles. The number of amides is 1. The largest absolute Gasteiger partial charge is 0.324 e. The molecule has 3 aromatic rings. The van der Waals surface area contributed by atoms with Crippen molar-refractivity contribution in [3.8, 4) is 0 Å². The lowest BCUT2D eigenvalue weighted by atomic mass is 9.86. The van der Waals surface area contributed by atoms with E-state index in [0.717, 1.165) is 23.4 Å². The van der Waals surface area contributed by atoms with E-state index in [9.17, 15) is 13.6 Å². The Kier molecular flexibility index (Phi) is 5.35. The minimum atomic E-state index is -0.861. The third-order valence-electron chi connectivity index (χ3n) is 4.07. The molecule has 0 aliphatic rings. The van der Waals surface area contributed by atoms with Crippen LogP contribution in [0.15, 0.2) is 54.7 Å². The van der Waals surface area contributed by atoms with Crippen LogP contribution in [0.1, 0.15) is 36.8 Å². The highest BCUT2D eigenvalue weighted by atomic mass is 19.1. The van der Waals surface area contributed by atoms with Crippen LogP contribution in [0.25, 0.3) is 0 Å². The number of carbonyl (C=O) groups excluding carboxylic acids is 1. The summed E-state index contributed by atoms with van der Waals surface area (Å²) in [6, 6.07) is 12.4. The molecule has 0 radical (unpaired) electrons. The number of rotatable bonds is 4. The standard InChI is InChI=1S/C21H20F2N4O/c1-21(2,3)13-7-4-5-10-16(13)25-20-24-12-11-17(26-20)19(28)27-18-14(22)8-6-9-15(18)23/h4-12H,1-3H3,(H,27,28)(H,24,25,26). The van der Waals surface area contributed by atoms with Crippen molar-refractivity contribution in [2.45, 2.75) is 26.2 Å². The molecule has 5 nitrogen and oxygen atoms in total. The summed E-state index contributed by atoms with van der Waals surface area (Å²) in [6.45, 7) is 6.25. The zero-order valence-corrected chi connectivity index (χ0v) is 15.8. The van der Waals surface area contributed by atoms with E-state index < -0.39 is 23.2 Å². The monoisotopic (exact) mass is 382 g/mol. The minimum absolute atomic E-state index is 0.0200. The molecule has 144 valence electrons. The Morgan fingerprint density at radius 2 is 1.64 bits per heavy atom. The number of nitrogens with zero attached hydrogens (tertiary/aromatic N) is 2. The van der Waals surface area contributed by atoms with Crippen molar-refractivity contribution in [3.63, 3.8) is 0 Å². The van der Waals surface area contributed by atoms with Gasteiger partial charge in [0.05, 0.1) is 0 Å². The Labute approximate surface area is 161 Å². The van der Waals surface area contributed by atoms with Crippen molar-refractivity contribution in [2.24, 2.45) is 0 Å². The number of benzene rings is 2. The van der Waals surface area contributed by atoms with Gasteiger partial charge in [-0.2, -0.15) is 0 Å². The van der Waals surface area contributed by atoms with Gasteiger partial charge in [0, 0.05) is 11.9 Å². The fraction of sp³-hybridized carbons (Fsp3) is 0.190. The lowest BCUT2D eigenvalue weighted by Gasteiger charge is -2.23. The molecular weight excluding hydrogens is 362 g/mol. The summed E-state index contributed by atoms with van der Waals surface area (Å²) in [6.07, 6.45) is 1.40. The molecule has 0 saturated heterocycles. The van der Waals surface area contributed by atoms with Crippen LogP contribution < -0.4 is 10.6 Å². The van der Waals surface area contributed by atoms with E-state index in [1.165, 1.54) is 18.3 Å². The number of carbonyl (C=O) groups is 1. The molecule has 0 unspecified atom stereocenters. The maximum Gasteiger partial charge on any atom is 0.274 e. The molecule has 1 amide bonds. The lowest BCUT2D eigenvalue weighted by molar-refractivity contribution is 0.102. The van der Waals surface area contributed by atoms with Crippen molar-refractivity contribution in [3.05, 3.63) is 77.6 Å². The van der Waals surface area contributed by atoms with E-state index in [4.69, 9.17) is 0 Å². The van der Waals surface area contributed by atoms with E-state index in [0.29, 0.717) is 0 Å². The van der Waals surface area contributed by atoms with Crippen molar-refractivity contribution in [1.29, 1.82) is 0 Å². The van der Waals surface area contributed by atoms with Crippen molar-refractivity contribution in [1.82, 2.24) is 9.97 Å². The summed E-state index contributed by atoms with van der Waals surface area (Å²) < 4.78 is 27.5. The number of hydrogen-bond donors (Lipinski definition) is 2. The zero-order valence-electron chi connectivity index (χ0n) is 15.8. The highest BCUT2D eigenvalue weighted by molar-refractivity contribution is 6.03. The lowest BCUT2D eigenvalue weighted by Crippen LogP contribution is -2.17. The van der Waals surface area contributed by atoms with Crippen molar-refractivity contribution < 1.29 is 13.6 Å². The SMILES string of the molecule is CC(C)(C)c1ccccc1Nc1nccc(C(=O)Nc2c(F)cccc2F)n1. The fourth-order valence-electron chi connectivity index (χ4n) is 2.71. The van der Waals surface area contributed by atoms with Crippen LogP contribution >= 0.6 is 0 Å². The van der Waals surface area contributed by atoms with Gasteiger partial charge in [0.15, 0.2) is 0 Å². The smallest absolute Gasteiger partial charge is 0.274 e. The van der Waals surface area contributed by atoms with Crippen LogP contribution in [0.5, 0.6) is 0 Å². The summed E-state index contributed by atoms with van der Waals surface area (Å²) in [5.74, 6) is -2.25. The predicted octanol–water partition coefficient (Wildman–Crippen LogP) is 5.05. The van der Waals surface area contributed by atoms with Crippen LogP contribution in [-0.4, -0.2) is 15.9 Å². The van der Waals surface area contributed by atoms with Gasteiger partial charge in [-0.15, -0.1) is 0 Å². The first kappa shape index (κ1) is 19.4. The number of aromatic nitrogens is 2. The summed E-state index contributed by atoms with van der Waals surface area (Å²) in [5.41, 5.74) is 1.22. The summed E-state index contributed by atoms with van der Waals surface area (Å²) in [4.78, 5) is 20.7. The first-order valence-electron chi connectivity index (χ1n) is 8.70. The number of halogens is 2. The Hall–Kier alpha value is -3.35. The minimum Gasteiger partial charge on any atom is -0.324 e. The third kappa shape index (κ3) is 4.31. The zero-order chi connectivity index (χ0) is 20.3. The molecule has 2 N–H and O–H groups in total. The molecule has 7 heteroatoms.